The van der Waals surface area contributed by atoms with Crippen molar-refractivity contribution in [1.29, 1.82) is 0 Å². The van der Waals surface area contributed by atoms with Crippen molar-refractivity contribution in [2.45, 2.75) is 45.6 Å². The quantitative estimate of drug-likeness (QED) is 0.763. The van der Waals surface area contributed by atoms with Crippen molar-refractivity contribution < 1.29 is 0 Å². The van der Waals surface area contributed by atoms with Crippen LogP contribution in [0.5, 0.6) is 0 Å². The van der Waals surface area contributed by atoms with Gasteiger partial charge in [-0.25, -0.2) is 0 Å². The summed E-state index contributed by atoms with van der Waals surface area (Å²) in [5.41, 5.74) is 2.41. The maximum atomic E-state index is 4.63. The van der Waals surface area contributed by atoms with Crippen LogP contribution in [0.3, 0.4) is 0 Å². The van der Waals surface area contributed by atoms with Gasteiger partial charge in [-0.3, -0.25) is 14.8 Å². The van der Waals surface area contributed by atoms with E-state index in [-0.39, 0.29) is 0 Å². The Labute approximate surface area is 166 Å². The largest absolute Gasteiger partial charge is 0.304 e. The third-order valence-corrected chi connectivity index (χ3v) is 6.60. The van der Waals surface area contributed by atoms with Crippen LogP contribution >= 0.6 is 0 Å². The highest BCUT2D eigenvalue weighted by atomic mass is 15.3. The lowest BCUT2D eigenvalue weighted by molar-refractivity contribution is 0.0709. The molecular formula is C23H38N4. The summed E-state index contributed by atoms with van der Waals surface area (Å²) in [6, 6.07) is 5.19. The molecule has 1 aromatic rings. The number of likely N-dealkylation sites (tertiary alicyclic amines) is 1. The third-order valence-electron chi connectivity index (χ3n) is 6.60. The molecule has 0 amide bonds. The molecule has 1 unspecified atom stereocenters. The number of pyridine rings is 1. The van der Waals surface area contributed by atoms with Crippen molar-refractivity contribution in [3.05, 3.63) is 35.7 Å². The molecule has 0 bridgehead atoms. The zero-order valence-corrected chi connectivity index (χ0v) is 17.8. The topological polar surface area (TPSA) is 22.6 Å². The maximum absolute atomic E-state index is 4.63. The molecule has 0 aromatic carbocycles. The number of piperidine rings is 1. The molecule has 0 aliphatic carbocycles. The molecule has 1 atom stereocenters. The van der Waals surface area contributed by atoms with Gasteiger partial charge in [0.1, 0.15) is 0 Å². The van der Waals surface area contributed by atoms with E-state index in [1.54, 1.807) is 0 Å². The van der Waals surface area contributed by atoms with Gasteiger partial charge in [-0.15, -0.1) is 0 Å². The normalized spacial score (nSPS) is 22.7. The van der Waals surface area contributed by atoms with Crippen LogP contribution < -0.4 is 0 Å². The SMILES string of the molecule is CC(C)C(C)c1ccc(/C=C/CN2CCC(N3CCN(C)CC3)CC2)nc1. The van der Waals surface area contributed by atoms with Crippen molar-refractivity contribution in [3.8, 4) is 0 Å². The summed E-state index contributed by atoms with van der Waals surface area (Å²) in [7, 11) is 2.24. The van der Waals surface area contributed by atoms with E-state index in [9.17, 15) is 0 Å². The Bertz CT molecular complexity index is 579. The summed E-state index contributed by atoms with van der Waals surface area (Å²) in [5, 5.41) is 0. The van der Waals surface area contributed by atoms with E-state index in [1.165, 1.54) is 57.7 Å². The lowest BCUT2D eigenvalue weighted by Crippen LogP contribution is -2.52. The highest BCUT2D eigenvalue weighted by molar-refractivity contribution is 5.45. The highest BCUT2D eigenvalue weighted by Gasteiger charge is 2.26. The Kier molecular flexibility index (Phi) is 7.45. The first kappa shape index (κ1) is 20.5. The first-order valence-electron chi connectivity index (χ1n) is 10.8. The molecule has 0 saturated carbocycles. The lowest BCUT2D eigenvalue weighted by atomic mass is 9.91. The van der Waals surface area contributed by atoms with Gasteiger partial charge in [0.2, 0.25) is 0 Å². The molecule has 3 rings (SSSR count). The molecule has 150 valence electrons. The van der Waals surface area contributed by atoms with Gasteiger partial charge < -0.3 is 4.90 Å². The van der Waals surface area contributed by atoms with E-state index in [2.05, 4.69) is 71.8 Å². The lowest BCUT2D eigenvalue weighted by Gasteiger charge is -2.41. The average Bonchev–Trinajstić information content (AvgIpc) is 2.69. The summed E-state index contributed by atoms with van der Waals surface area (Å²) in [6.07, 6.45) is 9.14. The second kappa shape index (κ2) is 9.81. The highest BCUT2D eigenvalue weighted by Crippen LogP contribution is 2.23. The van der Waals surface area contributed by atoms with Gasteiger partial charge in [0.15, 0.2) is 0 Å². The maximum Gasteiger partial charge on any atom is 0.0627 e. The fourth-order valence-corrected chi connectivity index (χ4v) is 4.15. The summed E-state index contributed by atoms with van der Waals surface area (Å²) in [4.78, 5) is 12.4. The van der Waals surface area contributed by atoms with Crippen LogP contribution in [0.2, 0.25) is 0 Å². The number of aromatic nitrogens is 1. The van der Waals surface area contributed by atoms with E-state index in [1.807, 2.05) is 6.20 Å². The fourth-order valence-electron chi connectivity index (χ4n) is 4.15. The van der Waals surface area contributed by atoms with Gasteiger partial charge in [0.05, 0.1) is 5.69 Å². The number of rotatable bonds is 6. The standard InChI is InChI=1S/C23H38N4/c1-19(2)20(3)21-7-8-22(24-18-21)6-5-11-26-12-9-23(10-13-26)27-16-14-25(4)15-17-27/h5-8,18-20,23H,9-17H2,1-4H3/b6-5+. The van der Waals surface area contributed by atoms with Crippen LogP contribution in [0.25, 0.3) is 6.08 Å². The van der Waals surface area contributed by atoms with Crippen LogP contribution in [0.4, 0.5) is 0 Å². The zero-order valence-electron chi connectivity index (χ0n) is 17.8. The summed E-state index contributed by atoms with van der Waals surface area (Å²) >= 11 is 0. The van der Waals surface area contributed by atoms with E-state index in [0.717, 1.165) is 18.3 Å². The number of nitrogens with zero attached hydrogens (tertiary/aromatic N) is 4. The summed E-state index contributed by atoms with van der Waals surface area (Å²) in [6.45, 7) is 15.3. The van der Waals surface area contributed by atoms with Crippen molar-refractivity contribution >= 4 is 6.08 Å². The van der Waals surface area contributed by atoms with Gasteiger partial charge in [0, 0.05) is 45.0 Å². The van der Waals surface area contributed by atoms with Crippen LogP contribution in [0.15, 0.2) is 24.4 Å². The molecule has 4 heteroatoms. The number of piperazine rings is 1. The molecule has 27 heavy (non-hydrogen) atoms. The first-order valence-corrected chi connectivity index (χ1v) is 10.8. The fraction of sp³-hybridized carbons (Fsp3) is 0.696. The molecular weight excluding hydrogens is 332 g/mol. The Morgan fingerprint density at radius 2 is 1.74 bits per heavy atom. The minimum atomic E-state index is 0.567. The minimum Gasteiger partial charge on any atom is -0.304 e. The van der Waals surface area contributed by atoms with Gasteiger partial charge in [-0.05, 0) is 62.5 Å². The Morgan fingerprint density at radius 3 is 2.33 bits per heavy atom. The summed E-state index contributed by atoms with van der Waals surface area (Å²) < 4.78 is 0. The number of likely N-dealkylation sites (N-methyl/N-ethyl adjacent to an activating group) is 1. The van der Waals surface area contributed by atoms with Crippen LogP contribution in [-0.4, -0.2) is 78.6 Å². The Morgan fingerprint density at radius 1 is 1.04 bits per heavy atom. The predicted octanol–water partition coefficient (Wildman–Crippen LogP) is 3.57. The number of hydrogen-bond acceptors (Lipinski definition) is 4. The van der Waals surface area contributed by atoms with Gasteiger partial charge in [-0.1, -0.05) is 32.9 Å². The van der Waals surface area contributed by atoms with Gasteiger partial charge in [-0.2, -0.15) is 0 Å². The van der Waals surface area contributed by atoms with E-state index < -0.39 is 0 Å². The molecule has 2 aliphatic heterocycles. The van der Waals surface area contributed by atoms with E-state index in [4.69, 9.17) is 0 Å². The first-order chi connectivity index (χ1) is 13.0. The van der Waals surface area contributed by atoms with Crippen LogP contribution in [0, 0.1) is 5.92 Å². The molecule has 0 spiro atoms. The molecule has 2 aliphatic rings. The molecule has 4 nitrogen and oxygen atoms in total. The monoisotopic (exact) mass is 370 g/mol. The molecule has 1 aromatic heterocycles. The molecule has 0 radical (unpaired) electrons. The smallest absolute Gasteiger partial charge is 0.0627 e. The van der Waals surface area contributed by atoms with E-state index in [0.29, 0.717) is 11.8 Å². The van der Waals surface area contributed by atoms with Crippen molar-refractivity contribution in [2.24, 2.45) is 5.92 Å². The summed E-state index contributed by atoms with van der Waals surface area (Å²) in [5.74, 6) is 1.22. The number of hydrogen-bond donors (Lipinski definition) is 0. The van der Waals surface area contributed by atoms with Crippen molar-refractivity contribution in [2.75, 3.05) is 52.9 Å². The van der Waals surface area contributed by atoms with Gasteiger partial charge >= 0.3 is 0 Å². The second-order valence-electron chi connectivity index (χ2n) is 8.82. The van der Waals surface area contributed by atoms with Gasteiger partial charge in [0.25, 0.3) is 0 Å². The second-order valence-corrected chi connectivity index (χ2v) is 8.82. The minimum absolute atomic E-state index is 0.567. The zero-order chi connectivity index (χ0) is 19.2. The average molecular weight is 371 g/mol. The molecule has 2 fully saturated rings. The third kappa shape index (κ3) is 5.87. The predicted molar refractivity (Wildman–Crippen MR) is 115 cm³/mol. The van der Waals surface area contributed by atoms with Crippen LogP contribution in [0.1, 0.15) is 50.8 Å². The van der Waals surface area contributed by atoms with Crippen LogP contribution in [-0.2, 0) is 0 Å². The van der Waals surface area contributed by atoms with Crippen molar-refractivity contribution in [3.63, 3.8) is 0 Å². The van der Waals surface area contributed by atoms with Crippen molar-refractivity contribution in [1.82, 2.24) is 19.7 Å². The molecule has 2 saturated heterocycles. The molecule has 3 heterocycles. The molecule has 0 N–H and O–H groups in total. The van der Waals surface area contributed by atoms with E-state index >= 15 is 0 Å². The Balaban J connectivity index is 1.40. The Hall–Kier alpha value is -1.23.